The highest BCUT2D eigenvalue weighted by atomic mass is 79.9. The number of halogens is 1. The molecule has 206 valence electrons. The van der Waals surface area contributed by atoms with E-state index >= 15 is 0 Å². The minimum absolute atomic E-state index is 0.0995. The number of hydrogen-bond donors (Lipinski definition) is 1. The molecule has 0 saturated heterocycles. The maximum absolute atomic E-state index is 13.8. The fraction of sp³-hybridized carbons (Fsp3) is 0.394. The SMILES string of the molecule is CC(C)c1ccc(OCC(=O)N(Cc2ccccc2)C(Cc2ccccc2)C(=O)NC2CCCCC2)c(Br)c1. The molecule has 1 fully saturated rings. The Kier molecular flexibility index (Phi) is 10.6. The largest absolute Gasteiger partial charge is 0.483 e. The minimum Gasteiger partial charge on any atom is -0.483 e. The van der Waals surface area contributed by atoms with Crippen molar-refractivity contribution < 1.29 is 14.3 Å². The number of carbonyl (C=O) groups is 2. The monoisotopic (exact) mass is 590 g/mol. The Morgan fingerprint density at radius 3 is 2.18 bits per heavy atom. The van der Waals surface area contributed by atoms with Crippen molar-refractivity contribution in [3.63, 3.8) is 0 Å². The Hall–Kier alpha value is -3.12. The van der Waals surface area contributed by atoms with E-state index in [0.29, 0.717) is 24.6 Å². The summed E-state index contributed by atoms with van der Waals surface area (Å²) in [5, 5.41) is 3.28. The zero-order valence-corrected chi connectivity index (χ0v) is 24.5. The standard InChI is InChI=1S/C33H39BrN2O3/c1-24(2)27-18-19-31(29(34)21-27)39-23-32(37)36(22-26-14-8-4-9-15-26)30(20-25-12-6-3-7-13-25)33(38)35-28-16-10-5-11-17-28/h3-4,6-9,12-15,18-19,21,24,28,30H,5,10-11,16-17,20,22-23H2,1-2H3,(H,35,38). The lowest BCUT2D eigenvalue weighted by atomic mass is 9.94. The lowest BCUT2D eigenvalue weighted by Gasteiger charge is -2.33. The van der Waals surface area contributed by atoms with Crippen LogP contribution in [0.3, 0.4) is 0 Å². The van der Waals surface area contributed by atoms with E-state index in [1.165, 1.54) is 12.0 Å². The van der Waals surface area contributed by atoms with Crippen LogP contribution >= 0.6 is 15.9 Å². The molecule has 3 aromatic carbocycles. The van der Waals surface area contributed by atoms with Crippen LogP contribution in [0.1, 0.15) is 68.6 Å². The number of rotatable bonds is 11. The van der Waals surface area contributed by atoms with Crippen molar-refractivity contribution in [2.24, 2.45) is 0 Å². The fourth-order valence-electron chi connectivity index (χ4n) is 5.09. The Morgan fingerprint density at radius 2 is 1.56 bits per heavy atom. The van der Waals surface area contributed by atoms with E-state index < -0.39 is 6.04 Å². The van der Waals surface area contributed by atoms with Gasteiger partial charge in [0.05, 0.1) is 4.47 Å². The Labute approximate surface area is 241 Å². The smallest absolute Gasteiger partial charge is 0.261 e. The molecule has 0 radical (unpaired) electrons. The van der Waals surface area contributed by atoms with Gasteiger partial charge in [-0.15, -0.1) is 0 Å². The predicted molar refractivity (Wildman–Crippen MR) is 160 cm³/mol. The molecule has 0 heterocycles. The van der Waals surface area contributed by atoms with Gasteiger partial charge in [0.1, 0.15) is 11.8 Å². The maximum Gasteiger partial charge on any atom is 0.261 e. The first-order valence-electron chi connectivity index (χ1n) is 14.0. The van der Waals surface area contributed by atoms with E-state index in [4.69, 9.17) is 4.74 Å². The van der Waals surface area contributed by atoms with Crippen LogP contribution in [-0.2, 0) is 22.6 Å². The molecule has 1 N–H and O–H groups in total. The van der Waals surface area contributed by atoms with Crippen molar-refractivity contribution >= 4 is 27.7 Å². The molecule has 4 rings (SSSR count). The summed E-state index contributed by atoms with van der Waals surface area (Å²) in [6, 6.07) is 25.2. The van der Waals surface area contributed by atoms with Gasteiger partial charge in [-0.25, -0.2) is 0 Å². The summed E-state index contributed by atoms with van der Waals surface area (Å²) in [5.74, 6) is 0.675. The molecule has 0 bridgehead atoms. The van der Waals surface area contributed by atoms with Gasteiger partial charge in [0.2, 0.25) is 5.91 Å². The topological polar surface area (TPSA) is 58.6 Å². The second-order valence-corrected chi connectivity index (χ2v) is 11.5. The van der Waals surface area contributed by atoms with Gasteiger partial charge in [-0.05, 0) is 63.5 Å². The van der Waals surface area contributed by atoms with E-state index in [0.717, 1.165) is 41.3 Å². The normalized spacial score (nSPS) is 14.6. The van der Waals surface area contributed by atoms with E-state index in [1.807, 2.05) is 78.9 Å². The fourth-order valence-corrected chi connectivity index (χ4v) is 5.61. The Morgan fingerprint density at radius 1 is 0.923 bits per heavy atom. The first-order valence-corrected chi connectivity index (χ1v) is 14.8. The molecule has 3 aromatic rings. The predicted octanol–water partition coefficient (Wildman–Crippen LogP) is 7.04. The summed E-state index contributed by atoms with van der Waals surface area (Å²) < 4.78 is 6.82. The summed E-state index contributed by atoms with van der Waals surface area (Å²) in [6.45, 7) is 4.44. The number of carbonyl (C=O) groups excluding carboxylic acids is 2. The maximum atomic E-state index is 13.8. The molecule has 2 amide bonds. The van der Waals surface area contributed by atoms with Crippen molar-refractivity contribution in [2.45, 2.75) is 76.9 Å². The molecule has 1 saturated carbocycles. The van der Waals surface area contributed by atoms with Gasteiger partial charge in [0.25, 0.3) is 5.91 Å². The molecule has 1 aliphatic carbocycles. The Bertz CT molecular complexity index is 1210. The molecule has 0 aliphatic heterocycles. The zero-order chi connectivity index (χ0) is 27.6. The van der Waals surface area contributed by atoms with Crippen LogP contribution in [0.25, 0.3) is 0 Å². The van der Waals surface area contributed by atoms with Crippen LogP contribution in [0.15, 0.2) is 83.3 Å². The van der Waals surface area contributed by atoms with Crippen LogP contribution in [0.5, 0.6) is 5.75 Å². The van der Waals surface area contributed by atoms with Crippen LogP contribution in [0.2, 0.25) is 0 Å². The molecular formula is C33H39BrN2O3. The summed E-state index contributed by atoms with van der Waals surface area (Å²) in [7, 11) is 0. The van der Waals surface area contributed by atoms with Gasteiger partial charge in [0.15, 0.2) is 6.61 Å². The van der Waals surface area contributed by atoms with E-state index in [2.05, 4.69) is 35.1 Å². The average molecular weight is 592 g/mol. The number of amides is 2. The highest BCUT2D eigenvalue weighted by Crippen LogP contribution is 2.29. The molecule has 0 aromatic heterocycles. The number of hydrogen-bond acceptors (Lipinski definition) is 3. The first kappa shape index (κ1) is 28.9. The lowest BCUT2D eigenvalue weighted by Crippen LogP contribution is -2.53. The molecule has 1 atom stereocenters. The van der Waals surface area contributed by atoms with Gasteiger partial charge < -0.3 is 15.0 Å². The van der Waals surface area contributed by atoms with Crippen LogP contribution in [0, 0.1) is 0 Å². The van der Waals surface area contributed by atoms with Gasteiger partial charge in [-0.1, -0.05) is 99.8 Å². The molecule has 5 nitrogen and oxygen atoms in total. The summed E-state index contributed by atoms with van der Waals surface area (Å²) in [5.41, 5.74) is 3.17. The van der Waals surface area contributed by atoms with Crippen molar-refractivity contribution in [1.29, 1.82) is 0 Å². The second-order valence-electron chi connectivity index (χ2n) is 10.7. The summed E-state index contributed by atoms with van der Waals surface area (Å²) >= 11 is 3.59. The van der Waals surface area contributed by atoms with Gasteiger partial charge in [0, 0.05) is 19.0 Å². The Balaban J connectivity index is 1.59. The van der Waals surface area contributed by atoms with Gasteiger partial charge >= 0.3 is 0 Å². The number of nitrogens with zero attached hydrogens (tertiary/aromatic N) is 1. The van der Waals surface area contributed by atoms with Crippen molar-refractivity contribution in [1.82, 2.24) is 10.2 Å². The third kappa shape index (κ3) is 8.43. The minimum atomic E-state index is -0.655. The van der Waals surface area contributed by atoms with Gasteiger partial charge in [-0.2, -0.15) is 0 Å². The van der Waals surface area contributed by atoms with E-state index in [1.54, 1.807) is 4.90 Å². The van der Waals surface area contributed by atoms with Crippen LogP contribution < -0.4 is 10.1 Å². The van der Waals surface area contributed by atoms with Crippen molar-refractivity contribution in [3.05, 3.63) is 100 Å². The quantitative estimate of drug-likeness (QED) is 0.260. The molecule has 6 heteroatoms. The zero-order valence-electron chi connectivity index (χ0n) is 22.9. The molecule has 0 spiro atoms. The van der Waals surface area contributed by atoms with Crippen molar-refractivity contribution in [3.8, 4) is 5.75 Å². The molecular weight excluding hydrogens is 552 g/mol. The lowest BCUT2D eigenvalue weighted by molar-refractivity contribution is -0.143. The summed E-state index contributed by atoms with van der Waals surface area (Å²) in [4.78, 5) is 29.4. The van der Waals surface area contributed by atoms with Crippen molar-refractivity contribution in [2.75, 3.05) is 6.61 Å². The number of ether oxygens (including phenoxy) is 1. The third-order valence-electron chi connectivity index (χ3n) is 7.39. The highest BCUT2D eigenvalue weighted by Gasteiger charge is 2.32. The summed E-state index contributed by atoms with van der Waals surface area (Å²) in [6.07, 6.45) is 5.87. The molecule has 1 unspecified atom stereocenters. The van der Waals surface area contributed by atoms with Gasteiger partial charge in [-0.3, -0.25) is 9.59 Å². The molecule has 39 heavy (non-hydrogen) atoms. The average Bonchev–Trinajstić information content (AvgIpc) is 2.95. The second kappa shape index (κ2) is 14.3. The first-order chi connectivity index (χ1) is 18.9. The number of benzene rings is 3. The molecule has 1 aliphatic rings. The number of nitrogens with one attached hydrogen (secondary N) is 1. The van der Waals surface area contributed by atoms with Crippen LogP contribution in [0.4, 0.5) is 0 Å². The van der Waals surface area contributed by atoms with Crippen LogP contribution in [-0.4, -0.2) is 35.4 Å². The third-order valence-corrected chi connectivity index (χ3v) is 8.01. The van der Waals surface area contributed by atoms with E-state index in [9.17, 15) is 9.59 Å². The van der Waals surface area contributed by atoms with E-state index in [-0.39, 0.29) is 24.5 Å². The highest BCUT2D eigenvalue weighted by molar-refractivity contribution is 9.10.